The Hall–Kier alpha value is -1.55. The number of benzene rings is 1. The van der Waals surface area contributed by atoms with Crippen molar-refractivity contribution in [2.45, 2.75) is 18.9 Å². The molecule has 1 aromatic rings. The van der Waals surface area contributed by atoms with Gasteiger partial charge < -0.3 is 15.0 Å². The van der Waals surface area contributed by atoms with Crippen LogP contribution in [0.5, 0.6) is 0 Å². The molecule has 1 N–H and O–H groups in total. The van der Waals surface area contributed by atoms with E-state index in [2.05, 4.69) is 5.32 Å². The molecule has 0 atom stereocenters. The molecule has 0 unspecified atom stereocenters. The largest absolute Gasteiger partial charge is 0.383 e. The van der Waals surface area contributed by atoms with Crippen molar-refractivity contribution in [1.29, 1.82) is 0 Å². The second kappa shape index (κ2) is 6.40. The Morgan fingerprint density at radius 2 is 2.11 bits per heavy atom. The predicted octanol–water partition coefficient (Wildman–Crippen LogP) is 1.74. The predicted molar refractivity (Wildman–Crippen MR) is 71.5 cm³/mol. The van der Waals surface area contributed by atoms with E-state index in [4.69, 9.17) is 4.74 Å². The molecule has 0 saturated heterocycles. The zero-order chi connectivity index (χ0) is 12.8. The summed E-state index contributed by atoms with van der Waals surface area (Å²) in [4.78, 5) is 14.0. The van der Waals surface area contributed by atoms with Gasteiger partial charge in [-0.2, -0.15) is 0 Å². The van der Waals surface area contributed by atoms with Gasteiger partial charge in [0.05, 0.1) is 13.2 Å². The Morgan fingerprint density at radius 3 is 2.72 bits per heavy atom. The maximum absolute atomic E-state index is 12.1. The molecule has 4 nitrogen and oxygen atoms in total. The third-order valence-electron chi connectivity index (χ3n) is 3.06. The van der Waals surface area contributed by atoms with Gasteiger partial charge in [-0.15, -0.1) is 0 Å². The highest BCUT2D eigenvalue weighted by Gasteiger charge is 2.31. The van der Waals surface area contributed by atoms with Gasteiger partial charge in [0.2, 0.25) is 5.91 Å². The molecule has 1 aliphatic carbocycles. The Balaban J connectivity index is 1.81. The molecular weight excluding hydrogens is 228 g/mol. The average molecular weight is 248 g/mol. The van der Waals surface area contributed by atoms with E-state index in [0.29, 0.717) is 25.7 Å². The zero-order valence-corrected chi connectivity index (χ0v) is 10.8. The summed E-state index contributed by atoms with van der Waals surface area (Å²) in [5.41, 5.74) is 0.980. The number of rotatable bonds is 7. The summed E-state index contributed by atoms with van der Waals surface area (Å²) in [5.74, 6) is 0.151. The number of carbonyl (C=O) groups excluding carboxylic acids is 1. The highest BCUT2D eigenvalue weighted by molar-refractivity contribution is 5.81. The molecule has 1 amide bonds. The molecule has 0 radical (unpaired) electrons. The number of hydrogen-bond donors (Lipinski definition) is 1. The van der Waals surface area contributed by atoms with Crippen LogP contribution in [0.25, 0.3) is 0 Å². The van der Waals surface area contributed by atoms with Gasteiger partial charge in [0.15, 0.2) is 0 Å². The van der Waals surface area contributed by atoms with E-state index in [1.807, 2.05) is 35.2 Å². The lowest BCUT2D eigenvalue weighted by atomic mass is 10.3. The second-order valence-corrected chi connectivity index (χ2v) is 4.53. The Morgan fingerprint density at radius 1 is 1.39 bits per heavy atom. The van der Waals surface area contributed by atoms with Crippen molar-refractivity contribution in [2.75, 3.05) is 32.1 Å². The molecule has 2 rings (SSSR count). The van der Waals surface area contributed by atoms with Gasteiger partial charge in [-0.1, -0.05) is 18.2 Å². The summed E-state index contributed by atoms with van der Waals surface area (Å²) < 4.78 is 5.05. The second-order valence-electron chi connectivity index (χ2n) is 4.53. The van der Waals surface area contributed by atoms with Crippen LogP contribution in [0.3, 0.4) is 0 Å². The molecule has 18 heavy (non-hydrogen) atoms. The summed E-state index contributed by atoms with van der Waals surface area (Å²) in [7, 11) is 1.66. The molecule has 1 fully saturated rings. The zero-order valence-electron chi connectivity index (χ0n) is 10.8. The van der Waals surface area contributed by atoms with Crippen molar-refractivity contribution >= 4 is 11.6 Å². The summed E-state index contributed by atoms with van der Waals surface area (Å²) >= 11 is 0. The first-order valence-corrected chi connectivity index (χ1v) is 6.38. The van der Waals surface area contributed by atoms with Crippen molar-refractivity contribution < 1.29 is 9.53 Å². The van der Waals surface area contributed by atoms with Gasteiger partial charge in [-0.25, -0.2) is 0 Å². The molecule has 4 heteroatoms. The number of amides is 1. The van der Waals surface area contributed by atoms with Crippen LogP contribution in [0.4, 0.5) is 5.69 Å². The first-order chi connectivity index (χ1) is 8.81. The van der Waals surface area contributed by atoms with Crippen LogP contribution in [-0.2, 0) is 9.53 Å². The number of nitrogens with zero attached hydrogens (tertiary/aromatic N) is 1. The van der Waals surface area contributed by atoms with Gasteiger partial charge in [-0.05, 0) is 25.0 Å². The van der Waals surface area contributed by atoms with Gasteiger partial charge in [0.25, 0.3) is 0 Å². The lowest BCUT2D eigenvalue weighted by molar-refractivity contribution is -0.130. The highest BCUT2D eigenvalue weighted by atomic mass is 16.5. The molecule has 0 spiro atoms. The van der Waals surface area contributed by atoms with E-state index in [0.717, 1.165) is 18.5 Å². The van der Waals surface area contributed by atoms with Crippen LogP contribution in [0.2, 0.25) is 0 Å². The Bertz CT molecular complexity index is 377. The van der Waals surface area contributed by atoms with Crippen LogP contribution in [0.15, 0.2) is 30.3 Å². The van der Waals surface area contributed by atoms with Gasteiger partial charge in [-0.3, -0.25) is 4.79 Å². The lowest BCUT2D eigenvalue weighted by Gasteiger charge is -2.22. The number of carbonyl (C=O) groups is 1. The minimum atomic E-state index is 0.151. The molecule has 0 heterocycles. The molecule has 1 aliphatic rings. The third kappa shape index (κ3) is 3.74. The quantitative estimate of drug-likeness (QED) is 0.799. The van der Waals surface area contributed by atoms with E-state index >= 15 is 0 Å². The number of methoxy groups -OCH3 is 1. The van der Waals surface area contributed by atoms with Gasteiger partial charge in [0, 0.05) is 25.4 Å². The van der Waals surface area contributed by atoms with Crippen LogP contribution in [-0.4, -0.2) is 43.7 Å². The number of para-hydroxylation sites is 1. The number of hydrogen-bond acceptors (Lipinski definition) is 3. The molecular formula is C14H20N2O2. The van der Waals surface area contributed by atoms with Crippen molar-refractivity contribution in [1.82, 2.24) is 4.90 Å². The first-order valence-electron chi connectivity index (χ1n) is 6.38. The fourth-order valence-corrected chi connectivity index (χ4v) is 1.92. The number of anilines is 1. The standard InChI is InChI=1S/C14H20N2O2/c1-18-10-9-16(13-7-8-13)14(17)11-15-12-5-3-2-4-6-12/h2-6,13,15H,7-11H2,1H3. The number of nitrogens with one attached hydrogen (secondary N) is 1. The van der Waals surface area contributed by atoms with E-state index in [1.165, 1.54) is 0 Å². The monoisotopic (exact) mass is 248 g/mol. The molecule has 0 aromatic heterocycles. The maximum Gasteiger partial charge on any atom is 0.242 e. The summed E-state index contributed by atoms with van der Waals surface area (Å²) in [6.07, 6.45) is 2.25. The molecule has 98 valence electrons. The van der Waals surface area contributed by atoms with Crippen LogP contribution in [0.1, 0.15) is 12.8 Å². The smallest absolute Gasteiger partial charge is 0.242 e. The lowest BCUT2D eigenvalue weighted by Crippen LogP contribution is -2.39. The third-order valence-corrected chi connectivity index (χ3v) is 3.06. The normalized spacial score (nSPS) is 14.3. The summed E-state index contributed by atoms with van der Waals surface area (Å²) in [5, 5.41) is 3.15. The highest BCUT2D eigenvalue weighted by Crippen LogP contribution is 2.26. The van der Waals surface area contributed by atoms with Gasteiger partial charge in [0.1, 0.15) is 0 Å². The summed E-state index contributed by atoms with van der Waals surface area (Å²) in [6, 6.07) is 10.2. The number of ether oxygens (including phenoxy) is 1. The fraction of sp³-hybridized carbons (Fsp3) is 0.500. The van der Waals surface area contributed by atoms with E-state index in [9.17, 15) is 4.79 Å². The average Bonchev–Trinajstić information content (AvgIpc) is 3.22. The Labute approximate surface area is 108 Å². The topological polar surface area (TPSA) is 41.6 Å². The van der Waals surface area contributed by atoms with Crippen molar-refractivity contribution in [3.8, 4) is 0 Å². The van der Waals surface area contributed by atoms with Crippen LogP contribution >= 0.6 is 0 Å². The Kier molecular flexibility index (Phi) is 4.59. The van der Waals surface area contributed by atoms with E-state index in [1.54, 1.807) is 7.11 Å². The molecule has 0 aliphatic heterocycles. The van der Waals surface area contributed by atoms with E-state index in [-0.39, 0.29) is 5.91 Å². The maximum atomic E-state index is 12.1. The van der Waals surface area contributed by atoms with Gasteiger partial charge >= 0.3 is 0 Å². The molecule has 0 bridgehead atoms. The van der Waals surface area contributed by atoms with Crippen LogP contribution in [0, 0.1) is 0 Å². The summed E-state index contributed by atoms with van der Waals surface area (Å²) in [6.45, 7) is 1.65. The minimum Gasteiger partial charge on any atom is -0.383 e. The SMILES string of the molecule is COCCN(C(=O)CNc1ccccc1)C1CC1. The van der Waals surface area contributed by atoms with Crippen molar-refractivity contribution in [3.05, 3.63) is 30.3 Å². The minimum absolute atomic E-state index is 0.151. The molecule has 1 aromatic carbocycles. The van der Waals surface area contributed by atoms with Crippen LogP contribution < -0.4 is 5.32 Å². The first kappa shape index (κ1) is 12.9. The van der Waals surface area contributed by atoms with Crippen molar-refractivity contribution in [3.63, 3.8) is 0 Å². The van der Waals surface area contributed by atoms with Crippen molar-refractivity contribution in [2.24, 2.45) is 0 Å². The van der Waals surface area contributed by atoms with E-state index < -0.39 is 0 Å². The fourth-order valence-electron chi connectivity index (χ4n) is 1.92. The molecule has 1 saturated carbocycles.